The second-order valence-electron chi connectivity index (χ2n) is 11.0. The predicted octanol–water partition coefficient (Wildman–Crippen LogP) is 6.48. The number of aryl methyl sites for hydroxylation is 5. The minimum Gasteiger partial charge on any atom is -0.497 e. The van der Waals surface area contributed by atoms with Crippen LogP contribution in [0.4, 0.5) is 0 Å². The molecule has 0 spiro atoms. The Kier molecular flexibility index (Phi) is 6.74. The van der Waals surface area contributed by atoms with E-state index in [-0.39, 0.29) is 6.04 Å². The van der Waals surface area contributed by atoms with Crippen LogP contribution < -0.4 is 4.74 Å². The zero-order valence-corrected chi connectivity index (χ0v) is 24.1. The van der Waals surface area contributed by atoms with Crippen molar-refractivity contribution < 1.29 is 4.74 Å². The van der Waals surface area contributed by atoms with Crippen LogP contribution in [-0.4, -0.2) is 42.3 Å². The first-order valence-corrected chi connectivity index (χ1v) is 14.6. The zero-order chi connectivity index (χ0) is 28.6. The highest BCUT2D eigenvalue weighted by Crippen LogP contribution is 2.40. The number of methoxy groups -OCH3 is 1. The van der Waals surface area contributed by atoms with Gasteiger partial charge in [0.1, 0.15) is 17.1 Å². The van der Waals surface area contributed by atoms with Crippen LogP contribution in [0.2, 0.25) is 0 Å². The van der Waals surface area contributed by atoms with E-state index in [1.54, 1.807) is 7.11 Å². The largest absolute Gasteiger partial charge is 0.497 e. The van der Waals surface area contributed by atoms with Crippen molar-refractivity contribution in [2.24, 2.45) is 0 Å². The first-order chi connectivity index (χ1) is 20.6. The molecule has 0 fully saturated rings. The third kappa shape index (κ3) is 4.62. The molecule has 3 aromatic carbocycles. The van der Waals surface area contributed by atoms with Crippen LogP contribution >= 0.6 is 0 Å². The molecule has 0 saturated carbocycles. The maximum Gasteiger partial charge on any atom is 0.180 e. The predicted molar refractivity (Wildman–Crippen MR) is 164 cm³/mol. The van der Waals surface area contributed by atoms with E-state index in [1.165, 1.54) is 27.8 Å². The molecule has 1 atom stereocenters. The number of aromatic nitrogens is 7. The molecule has 0 unspecified atom stereocenters. The number of fused-ring (bicyclic) bond motifs is 2. The van der Waals surface area contributed by atoms with Crippen LogP contribution in [0.25, 0.3) is 33.7 Å². The lowest BCUT2D eigenvalue weighted by atomic mass is 9.96. The molecule has 0 radical (unpaired) electrons. The van der Waals surface area contributed by atoms with Crippen LogP contribution in [-0.2, 0) is 25.7 Å². The number of imidazole rings is 1. The highest BCUT2D eigenvalue weighted by atomic mass is 16.5. The zero-order valence-electron chi connectivity index (χ0n) is 24.1. The van der Waals surface area contributed by atoms with Crippen LogP contribution in [0, 0.1) is 6.92 Å². The molecular weight excluding hydrogens is 522 g/mol. The SMILES string of the molecule is CCc1nc2c(C)cc(CCc3ccc(OC)cc3)nc2n1[C@H]1CCc2cc(-c3ccccc3-c3nnn[nH]3)ccc21. The first kappa shape index (κ1) is 26.1. The van der Waals surface area contributed by atoms with E-state index >= 15 is 0 Å². The maximum atomic E-state index is 5.31. The lowest BCUT2D eigenvalue weighted by Crippen LogP contribution is -2.12. The van der Waals surface area contributed by atoms with Crippen LogP contribution in [0.5, 0.6) is 5.75 Å². The number of nitrogens with zero attached hydrogens (tertiary/aromatic N) is 6. The number of hydrogen-bond acceptors (Lipinski definition) is 6. The Hall–Kier alpha value is -4.85. The van der Waals surface area contributed by atoms with Gasteiger partial charge in [0.2, 0.25) is 0 Å². The summed E-state index contributed by atoms with van der Waals surface area (Å²) in [6.45, 7) is 4.35. The number of H-pyrrole nitrogens is 1. The molecule has 3 aromatic heterocycles. The Balaban J connectivity index is 1.23. The smallest absolute Gasteiger partial charge is 0.180 e. The van der Waals surface area contributed by atoms with E-state index in [2.05, 4.69) is 93.6 Å². The highest BCUT2D eigenvalue weighted by molar-refractivity contribution is 5.81. The Morgan fingerprint density at radius 3 is 2.55 bits per heavy atom. The molecule has 1 aliphatic rings. The summed E-state index contributed by atoms with van der Waals surface area (Å²) in [6, 6.07) is 25.8. The molecule has 0 aliphatic heterocycles. The minimum absolute atomic E-state index is 0.214. The molecule has 1 N–H and O–H groups in total. The molecule has 3 heterocycles. The molecule has 1 aliphatic carbocycles. The molecule has 7 rings (SSSR count). The Bertz CT molecular complexity index is 1870. The second-order valence-corrected chi connectivity index (χ2v) is 11.0. The van der Waals surface area contributed by atoms with E-state index < -0.39 is 0 Å². The van der Waals surface area contributed by atoms with Gasteiger partial charge in [0.25, 0.3) is 0 Å². The fourth-order valence-corrected chi connectivity index (χ4v) is 6.34. The van der Waals surface area contributed by atoms with Gasteiger partial charge in [-0.2, -0.15) is 0 Å². The van der Waals surface area contributed by atoms with Gasteiger partial charge >= 0.3 is 0 Å². The molecule has 0 saturated heterocycles. The fraction of sp³-hybridized carbons (Fsp3) is 0.265. The van der Waals surface area contributed by atoms with Gasteiger partial charge in [-0.25, -0.2) is 15.1 Å². The Morgan fingerprint density at radius 2 is 1.79 bits per heavy atom. The summed E-state index contributed by atoms with van der Waals surface area (Å²) in [4.78, 5) is 10.3. The summed E-state index contributed by atoms with van der Waals surface area (Å²) in [7, 11) is 1.70. The Morgan fingerprint density at radius 1 is 0.952 bits per heavy atom. The van der Waals surface area contributed by atoms with Gasteiger partial charge in [-0.05, 0) is 94.6 Å². The van der Waals surface area contributed by atoms with E-state index in [0.717, 1.165) is 71.7 Å². The molecule has 210 valence electrons. The summed E-state index contributed by atoms with van der Waals surface area (Å²) in [5.41, 5.74) is 11.6. The molecule has 0 amide bonds. The summed E-state index contributed by atoms with van der Waals surface area (Å²) in [6.07, 6.45) is 4.71. The molecular formula is C34H33N7O. The van der Waals surface area contributed by atoms with Crippen molar-refractivity contribution in [3.8, 4) is 28.3 Å². The second kappa shape index (κ2) is 10.9. The van der Waals surface area contributed by atoms with Crippen molar-refractivity contribution in [1.82, 2.24) is 35.2 Å². The van der Waals surface area contributed by atoms with Crippen molar-refractivity contribution in [2.75, 3.05) is 7.11 Å². The van der Waals surface area contributed by atoms with Crippen molar-refractivity contribution in [3.05, 3.63) is 107 Å². The van der Waals surface area contributed by atoms with Crippen LogP contribution in [0.3, 0.4) is 0 Å². The van der Waals surface area contributed by atoms with Crippen LogP contribution in [0.15, 0.2) is 72.8 Å². The van der Waals surface area contributed by atoms with Crippen LogP contribution in [0.1, 0.15) is 53.2 Å². The standard InChI is InChI=1S/C34H33N7O/c1-4-31-36-32-21(2)19-25(14-9-22-10-15-26(42-3)16-11-22)35-34(32)41(31)30-18-13-24-20-23(12-17-28(24)30)27-7-5-6-8-29(27)33-37-39-40-38-33/h5-8,10-12,15-17,19-20,30H,4,9,13-14,18H2,1-3H3,(H,37,38,39,40)/t30-/m0/s1. The van der Waals surface area contributed by atoms with Gasteiger partial charge in [-0.3, -0.25) is 0 Å². The third-order valence-electron chi connectivity index (χ3n) is 8.45. The highest BCUT2D eigenvalue weighted by Gasteiger charge is 2.29. The van der Waals surface area contributed by atoms with Crippen molar-refractivity contribution >= 4 is 11.2 Å². The number of pyridine rings is 1. The number of tetrazole rings is 1. The van der Waals surface area contributed by atoms with Crippen molar-refractivity contribution in [3.63, 3.8) is 0 Å². The van der Waals surface area contributed by atoms with Gasteiger partial charge in [0, 0.05) is 17.7 Å². The number of hydrogen-bond donors (Lipinski definition) is 1. The fourth-order valence-electron chi connectivity index (χ4n) is 6.34. The maximum absolute atomic E-state index is 5.31. The first-order valence-electron chi connectivity index (χ1n) is 14.6. The van der Waals surface area contributed by atoms with E-state index in [1.807, 2.05) is 18.2 Å². The van der Waals surface area contributed by atoms with Crippen molar-refractivity contribution in [2.45, 2.75) is 52.0 Å². The molecule has 6 aromatic rings. The topological polar surface area (TPSA) is 94.4 Å². The molecule has 42 heavy (non-hydrogen) atoms. The summed E-state index contributed by atoms with van der Waals surface area (Å²) >= 11 is 0. The van der Waals surface area contributed by atoms with E-state index in [4.69, 9.17) is 14.7 Å². The summed E-state index contributed by atoms with van der Waals surface area (Å²) < 4.78 is 7.73. The lowest BCUT2D eigenvalue weighted by Gasteiger charge is -2.18. The summed E-state index contributed by atoms with van der Waals surface area (Å²) in [5.74, 6) is 2.65. The number of rotatable bonds is 8. The van der Waals surface area contributed by atoms with Gasteiger partial charge in [-0.1, -0.05) is 61.5 Å². The number of benzene rings is 3. The molecule has 8 heteroatoms. The van der Waals surface area contributed by atoms with E-state index in [9.17, 15) is 0 Å². The summed E-state index contributed by atoms with van der Waals surface area (Å²) in [5, 5.41) is 14.6. The minimum atomic E-state index is 0.214. The quantitative estimate of drug-likeness (QED) is 0.231. The molecule has 0 bridgehead atoms. The monoisotopic (exact) mass is 555 g/mol. The van der Waals surface area contributed by atoms with Crippen molar-refractivity contribution in [1.29, 1.82) is 0 Å². The average Bonchev–Trinajstić information content (AvgIpc) is 3.79. The average molecular weight is 556 g/mol. The Labute approximate surface area is 244 Å². The van der Waals surface area contributed by atoms with Gasteiger partial charge in [-0.15, -0.1) is 5.10 Å². The van der Waals surface area contributed by atoms with Gasteiger partial charge < -0.3 is 9.30 Å². The molecule has 8 nitrogen and oxygen atoms in total. The van der Waals surface area contributed by atoms with Gasteiger partial charge in [0.05, 0.1) is 13.2 Å². The number of aromatic amines is 1. The van der Waals surface area contributed by atoms with E-state index in [0.29, 0.717) is 5.82 Å². The lowest BCUT2D eigenvalue weighted by molar-refractivity contribution is 0.414. The third-order valence-corrected chi connectivity index (χ3v) is 8.45. The number of nitrogens with one attached hydrogen (secondary N) is 1. The van der Waals surface area contributed by atoms with Gasteiger partial charge in [0.15, 0.2) is 11.5 Å². The normalized spacial score (nSPS) is 14.4. The number of ether oxygens (including phenoxy) is 1.